The molecule has 0 aromatic heterocycles. The number of nitrogens with one attached hydrogen (secondary N) is 9. The largest absolute Gasteiger partial charge is 0.480 e. The number of hydrogen-bond acceptors (Lipinski definition) is 13. The highest BCUT2D eigenvalue weighted by molar-refractivity contribution is 7.86. The molecule has 16 atom stereocenters. The summed E-state index contributed by atoms with van der Waals surface area (Å²) < 4.78 is 29.4. The van der Waals surface area contributed by atoms with Crippen LogP contribution in [0.2, 0.25) is 0 Å². The molecule has 90 heavy (non-hydrogen) atoms. The minimum atomic E-state index is -4.10. The molecule has 9 amide bonds. The Morgan fingerprint density at radius 1 is 0.556 bits per heavy atom. The monoisotopic (exact) mass is 1280 g/mol. The van der Waals surface area contributed by atoms with Crippen molar-refractivity contribution in [1.29, 1.82) is 0 Å². The zero-order chi connectivity index (χ0) is 67.2. The average molecular weight is 1280 g/mol. The van der Waals surface area contributed by atoms with Gasteiger partial charge in [-0.1, -0.05) is 122 Å². The van der Waals surface area contributed by atoms with Crippen molar-refractivity contribution < 1.29 is 66.0 Å². The van der Waals surface area contributed by atoms with Gasteiger partial charge in [0.2, 0.25) is 53.2 Å². The molecule has 0 radical (unpaired) electrons. The molecule has 25 heteroatoms. The van der Waals surface area contributed by atoms with Crippen LogP contribution >= 0.6 is 0 Å². The molecule has 9 heterocycles. The molecule has 9 aliphatic heterocycles. The Bertz CT molecular complexity index is 2840. The fourth-order valence-electron chi connectivity index (χ4n) is 11.9. The van der Waals surface area contributed by atoms with Crippen LogP contribution in [0.4, 0.5) is 0 Å². The van der Waals surface area contributed by atoms with Crippen molar-refractivity contribution in [2.75, 3.05) is 6.54 Å². The molecule has 24 nitrogen and oxygen atoms in total. The quantitative estimate of drug-likeness (QED) is 0.184. The molecule has 0 bridgehead atoms. The Kier molecular flexibility index (Phi) is 29.8. The number of amides is 9. The summed E-state index contributed by atoms with van der Waals surface area (Å²) in [6, 6.07) is 21.5. The zero-order valence-corrected chi connectivity index (χ0v) is 55.2. The lowest BCUT2D eigenvalue weighted by molar-refractivity contribution is -0.140. The summed E-state index contributed by atoms with van der Waals surface area (Å²) in [4.78, 5) is 108. The fraction of sp³-hybridized carbons (Fsp3) is 0.662. The molecule has 502 valence electrons. The van der Waals surface area contributed by atoms with Crippen molar-refractivity contribution in [2.45, 2.75) is 219 Å². The van der Waals surface area contributed by atoms with Crippen LogP contribution < -0.4 is 53.6 Å². The topological polar surface area (TPSA) is 380 Å². The summed E-state index contributed by atoms with van der Waals surface area (Å²) in [6.45, 7) is 22.1. The van der Waals surface area contributed by atoms with Gasteiger partial charge >= 0.3 is 5.97 Å². The third kappa shape index (κ3) is 25.4. The van der Waals surface area contributed by atoms with Gasteiger partial charge in [0.15, 0.2) is 5.37 Å². The number of carbonyl (C=O) groups excluding carboxylic acids is 9. The van der Waals surface area contributed by atoms with Gasteiger partial charge in [-0.05, 0) is 109 Å². The van der Waals surface area contributed by atoms with Crippen LogP contribution in [-0.2, 0) is 64.5 Å². The van der Waals surface area contributed by atoms with Crippen LogP contribution in [0, 0.1) is 47.3 Å². The Morgan fingerprint density at radius 3 is 1.43 bits per heavy atom. The van der Waals surface area contributed by atoms with Crippen LogP contribution in [0.15, 0.2) is 60.7 Å². The molecule has 9 saturated heterocycles. The predicted octanol–water partition coefficient (Wildman–Crippen LogP) is 4.47. The van der Waals surface area contributed by atoms with Crippen molar-refractivity contribution in [3.05, 3.63) is 71.8 Å². The maximum absolute atomic E-state index is 11.3. The number of nitrogens with two attached hydrogens (primary N) is 1. The number of benzene rings is 2. The van der Waals surface area contributed by atoms with E-state index in [1.165, 1.54) is 36.8 Å². The first-order valence-electron chi connectivity index (χ1n) is 31.9. The van der Waals surface area contributed by atoms with Gasteiger partial charge in [0, 0.05) is 96.4 Å². The van der Waals surface area contributed by atoms with E-state index >= 15 is 0 Å². The summed E-state index contributed by atoms with van der Waals surface area (Å²) in [5, 5.41) is 31.9. The van der Waals surface area contributed by atoms with E-state index < -0.39 is 27.5 Å². The van der Waals surface area contributed by atoms with E-state index in [2.05, 4.69) is 79.0 Å². The summed E-state index contributed by atoms with van der Waals surface area (Å²) in [5.74, 6) is 1.35. The number of fused-ring (bicyclic) bond motifs is 1. The van der Waals surface area contributed by atoms with Crippen molar-refractivity contribution in [2.24, 2.45) is 53.1 Å². The average Bonchev–Trinajstić information content (AvgIpc) is 1.81. The van der Waals surface area contributed by atoms with E-state index in [0.29, 0.717) is 48.8 Å². The number of rotatable bonds is 5. The van der Waals surface area contributed by atoms with Crippen LogP contribution in [0.5, 0.6) is 0 Å². The molecule has 10 fully saturated rings. The molecule has 1 aliphatic carbocycles. The smallest absolute Gasteiger partial charge is 0.326 e. The van der Waals surface area contributed by atoms with Crippen molar-refractivity contribution >= 4 is 69.3 Å². The molecule has 12 rings (SSSR count). The molecule has 2 aromatic rings. The highest BCUT2D eigenvalue weighted by Gasteiger charge is 2.41. The lowest BCUT2D eigenvalue weighted by Crippen LogP contribution is -2.34. The first-order chi connectivity index (χ1) is 42.1. The van der Waals surface area contributed by atoms with Gasteiger partial charge in [0.1, 0.15) is 6.04 Å². The molecule has 1 saturated carbocycles. The van der Waals surface area contributed by atoms with Crippen molar-refractivity contribution in [3.63, 3.8) is 0 Å². The highest BCUT2D eigenvalue weighted by atomic mass is 32.2. The number of carboxylic acids is 1. The van der Waals surface area contributed by atoms with Gasteiger partial charge in [0.25, 0.3) is 10.1 Å². The standard InChI is InChI=1S/C12H15NO.C11H13NO.C9H15NO.C6H9NO3.2C6H11NO.C5H10N2O.C5H9NO4S.C5H9NO/c1-9-7-11(13-12(9)14)8-10-5-3-2-4-6-10;1-8-10(7-12-11(8)13)9-5-3-2-4-6-9;1-6-7-4-2-3-5-8(7)10-9(6)11;1-3-2-4(6(9)10)7-5(3)8;1-6(2)4-3-5(8)7-6;1-4-3-5(2)7-6(4)8;1-3-2-4(6)7-5(3)8;1-3-2-4(6-5(3)7)11(8,9)10;1-4-2-3-5(7)6-4/h2-6,9,11H,7-8H2,1H3,(H,13,14);2-6,8,10H,7H2,1H3,(H,12,13);6-8H,2-5H2,1H3,(H,10,11);3-4H,2H2,1H3,(H,7,8)(H,9,10);3-4H2,1-2H3,(H,7,8);4-5H,3H2,1-2H3,(H,7,8);3-4H,2,6H2,1H3,(H,7,8);3-4H,2H2,1H3,(H,6,7)(H,8,9,10);4H,2-3H2,1H3,(H,6,7). The molecule has 2 aromatic carbocycles. The summed E-state index contributed by atoms with van der Waals surface area (Å²) in [7, 11) is -4.10. The maximum atomic E-state index is 11.3. The molecule has 0 spiro atoms. The number of aliphatic carboxylic acids is 1. The minimum Gasteiger partial charge on any atom is -0.480 e. The van der Waals surface area contributed by atoms with Crippen LogP contribution in [0.3, 0.4) is 0 Å². The summed E-state index contributed by atoms with van der Waals surface area (Å²) >= 11 is 0. The molecule has 13 N–H and O–H groups in total. The van der Waals surface area contributed by atoms with Crippen LogP contribution in [-0.4, -0.2) is 131 Å². The van der Waals surface area contributed by atoms with Gasteiger partial charge in [-0.2, -0.15) is 8.42 Å². The Hall–Kier alpha value is -6.99. The molecule has 16 unspecified atom stereocenters. The number of carboxylic acid groups (broad SMARTS) is 1. The first-order valence-corrected chi connectivity index (χ1v) is 33.4. The maximum Gasteiger partial charge on any atom is 0.326 e. The van der Waals surface area contributed by atoms with Gasteiger partial charge < -0.3 is 58.7 Å². The van der Waals surface area contributed by atoms with E-state index in [1.807, 2.05) is 91.8 Å². The Labute approximate surface area is 531 Å². The van der Waals surface area contributed by atoms with E-state index in [0.717, 1.165) is 51.5 Å². The highest BCUT2D eigenvalue weighted by Crippen LogP contribution is 2.35. The lowest BCUT2D eigenvalue weighted by atomic mass is 9.81. The zero-order valence-electron chi connectivity index (χ0n) is 54.4. The van der Waals surface area contributed by atoms with E-state index in [-0.39, 0.29) is 113 Å². The second kappa shape index (κ2) is 35.6. The predicted molar refractivity (Wildman–Crippen MR) is 340 cm³/mol. The Balaban J connectivity index is 0.000000218. The number of hydrogen-bond donors (Lipinski definition) is 12. The minimum absolute atomic E-state index is 0.0666. The van der Waals surface area contributed by atoms with Gasteiger partial charge in [-0.15, -0.1) is 0 Å². The Morgan fingerprint density at radius 2 is 1.10 bits per heavy atom. The second-order valence-electron chi connectivity index (χ2n) is 26.4. The fourth-order valence-corrected chi connectivity index (χ4v) is 12.7. The van der Waals surface area contributed by atoms with Gasteiger partial charge in [-0.25, -0.2) is 4.79 Å². The summed E-state index contributed by atoms with van der Waals surface area (Å²) in [5.41, 5.74) is 8.01. The van der Waals surface area contributed by atoms with Crippen molar-refractivity contribution in [3.8, 4) is 0 Å². The third-order valence-electron chi connectivity index (χ3n) is 17.6. The second-order valence-corrected chi connectivity index (χ2v) is 28.0. The third-order valence-corrected chi connectivity index (χ3v) is 18.7. The molecular weight excluding hydrogens is 1180 g/mol. The molecular formula is C65H102N10O14S. The molecule has 10 aliphatic rings. The van der Waals surface area contributed by atoms with Gasteiger partial charge in [-0.3, -0.25) is 47.7 Å². The van der Waals surface area contributed by atoms with E-state index in [1.54, 1.807) is 13.8 Å². The van der Waals surface area contributed by atoms with Crippen LogP contribution in [0.25, 0.3) is 0 Å². The van der Waals surface area contributed by atoms with E-state index in [9.17, 15) is 56.4 Å². The van der Waals surface area contributed by atoms with Gasteiger partial charge in [0.05, 0.1) is 6.17 Å². The SMILES string of the molecule is CC1(C)CCC(=O)N1.CC1C(=O)NC2CCCCC21.CC1C(=O)NCC1c1ccccc1.CC1CC(C(=O)O)NC1=O.CC1CC(C)C(=O)N1.CC1CC(Cc2ccccc2)NC1=O.CC1CC(N)NC1=O.CC1CC(S(=O)(=O)O)NC1=O.CC1CCC(=O)N1. The van der Waals surface area contributed by atoms with Crippen LogP contribution in [0.1, 0.15) is 177 Å². The summed E-state index contributed by atoms with van der Waals surface area (Å²) in [6.07, 6.45) is 12.7. The first kappa shape index (κ1) is 75.5. The lowest BCUT2D eigenvalue weighted by Gasteiger charge is -2.25. The number of carbonyl (C=O) groups is 10. The van der Waals surface area contributed by atoms with E-state index in [4.69, 9.17) is 15.4 Å². The van der Waals surface area contributed by atoms with Crippen molar-refractivity contribution in [1.82, 2.24) is 47.9 Å². The normalized spacial score (nSPS) is 32.1.